The summed E-state index contributed by atoms with van der Waals surface area (Å²) >= 11 is 0. The van der Waals surface area contributed by atoms with Gasteiger partial charge in [-0.1, -0.05) is 12.8 Å². The van der Waals surface area contributed by atoms with Gasteiger partial charge in [0.2, 0.25) is 0 Å². The third-order valence-electron chi connectivity index (χ3n) is 2.21. The van der Waals surface area contributed by atoms with Gasteiger partial charge in [0.1, 0.15) is 0 Å². The smallest absolute Gasteiger partial charge is 0.337 e. The first kappa shape index (κ1) is 10.5. The minimum Gasteiger partial charge on any atom is -0.479 e. The molecule has 2 N–H and O–H groups in total. The predicted octanol–water partition coefficient (Wildman–Crippen LogP) is 0.639. The zero-order valence-electron chi connectivity index (χ0n) is 7.82. The second-order valence-electron chi connectivity index (χ2n) is 3.86. The molecule has 4 heteroatoms. The van der Waals surface area contributed by atoms with Crippen molar-refractivity contribution in [2.75, 3.05) is 13.2 Å². The quantitative estimate of drug-likeness (QED) is 0.600. The lowest BCUT2D eigenvalue weighted by Crippen LogP contribution is -2.39. The lowest BCUT2D eigenvalue weighted by Gasteiger charge is -2.17. The molecule has 0 aromatic heterocycles. The first-order valence-electron chi connectivity index (χ1n) is 4.56. The maximum absolute atomic E-state index is 10.4. The molecule has 0 heterocycles. The second-order valence-corrected chi connectivity index (χ2v) is 3.86. The standard InChI is InChI=1S/C9H16O4/c1-9(12,8(10)11)6-13-5-4-7-2-3-7/h7,12H,2-6H2,1H3,(H,10,11). The van der Waals surface area contributed by atoms with Crippen molar-refractivity contribution in [3.8, 4) is 0 Å². The van der Waals surface area contributed by atoms with Crippen molar-refractivity contribution < 1.29 is 19.7 Å². The van der Waals surface area contributed by atoms with E-state index in [2.05, 4.69) is 0 Å². The average molecular weight is 188 g/mol. The molecule has 13 heavy (non-hydrogen) atoms. The van der Waals surface area contributed by atoms with Gasteiger partial charge in [0.15, 0.2) is 5.60 Å². The van der Waals surface area contributed by atoms with Crippen LogP contribution in [0.4, 0.5) is 0 Å². The highest BCUT2D eigenvalue weighted by Gasteiger charge is 2.30. The zero-order valence-corrected chi connectivity index (χ0v) is 7.82. The number of aliphatic carboxylic acids is 1. The van der Waals surface area contributed by atoms with Crippen LogP contribution in [0.1, 0.15) is 26.2 Å². The molecule has 76 valence electrons. The molecule has 1 aliphatic carbocycles. The predicted molar refractivity (Wildman–Crippen MR) is 46.4 cm³/mol. The summed E-state index contributed by atoms with van der Waals surface area (Å²) in [4.78, 5) is 10.4. The highest BCUT2D eigenvalue weighted by molar-refractivity contribution is 5.76. The molecule has 0 aromatic carbocycles. The van der Waals surface area contributed by atoms with E-state index in [1.54, 1.807) is 0 Å². The molecule has 0 radical (unpaired) electrons. The van der Waals surface area contributed by atoms with E-state index in [-0.39, 0.29) is 6.61 Å². The SMILES string of the molecule is CC(O)(COCCC1CC1)C(=O)O. The lowest BCUT2D eigenvalue weighted by molar-refractivity contribution is -0.162. The zero-order chi connectivity index (χ0) is 9.90. The molecule has 1 rings (SSSR count). The Morgan fingerprint density at radius 3 is 2.69 bits per heavy atom. The van der Waals surface area contributed by atoms with E-state index in [0.717, 1.165) is 12.3 Å². The molecular formula is C9H16O4. The van der Waals surface area contributed by atoms with Gasteiger partial charge in [0.25, 0.3) is 0 Å². The number of carbonyl (C=O) groups is 1. The van der Waals surface area contributed by atoms with Crippen molar-refractivity contribution in [3.63, 3.8) is 0 Å². The Bertz CT molecular complexity index is 184. The van der Waals surface area contributed by atoms with Gasteiger partial charge in [0, 0.05) is 6.61 Å². The van der Waals surface area contributed by atoms with Gasteiger partial charge in [-0.3, -0.25) is 0 Å². The minimum atomic E-state index is -1.75. The number of rotatable bonds is 6. The maximum atomic E-state index is 10.4. The Hall–Kier alpha value is -0.610. The van der Waals surface area contributed by atoms with Crippen molar-refractivity contribution in [1.29, 1.82) is 0 Å². The maximum Gasteiger partial charge on any atom is 0.337 e. The van der Waals surface area contributed by atoms with Crippen LogP contribution < -0.4 is 0 Å². The van der Waals surface area contributed by atoms with E-state index >= 15 is 0 Å². The molecule has 0 bridgehead atoms. The fraction of sp³-hybridized carbons (Fsp3) is 0.889. The molecule has 4 nitrogen and oxygen atoms in total. The van der Waals surface area contributed by atoms with Crippen molar-refractivity contribution in [2.24, 2.45) is 5.92 Å². The fourth-order valence-corrected chi connectivity index (χ4v) is 0.989. The van der Waals surface area contributed by atoms with Crippen LogP contribution in [0.15, 0.2) is 0 Å². The summed E-state index contributed by atoms with van der Waals surface area (Å²) in [6.45, 7) is 1.66. The summed E-state index contributed by atoms with van der Waals surface area (Å²) < 4.78 is 5.08. The first-order chi connectivity index (χ1) is 6.02. The van der Waals surface area contributed by atoms with Gasteiger partial charge in [0.05, 0.1) is 6.61 Å². The van der Waals surface area contributed by atoms with Crippen LogP contribution in [0.3, 0.4) is 0 Å². The van der Waals surface area contributed by atoms with Gasteiger partial charge in [-0.25, -0.2) is 4.79 Å². The molecule has 1 fully saturated rings. The largest absolute Gasteiger partial charge is 0.479 e. The van der Waals surface area contributed by atoms with Gasteiger partial charge < -0.3 is 14.9 Å². The number of carboxylic acid groups (broad SMARTS) is 1. The van der Waals surface area contributed by atoms with E-state index in [1.807, 2.05) is 0 Å². The van der Waals surface area contributed by atoms with E-state index < -0.39 is 11.6 Å². The van der Waals surface area contributed by atoms with Gasteiger partial charge in [-0.05, 0) is 19.3 Å². The average Bonchev–Trinajstić information content (AvgIpc) is 2.81. The lowest BCUT2D eigenvalue weighted by atomic mass is 10.1. The van der Waals surface area contributed by atoms with Crippen LogP contribution >= 0.6 is 0 Å². The molecule has 0 saturated heterocycles. The van der Waals surface area contributed by atoms with Gasteiger partial charge in [-0.2, -0.15) is 0 Å². The fourth-order valence-electron chi connectivity index (χ4n) is 0.989. The second kappa shape index (κ2) is 4.07. The third kappa shape index (κ3) is 3.74. The van der Waals surface area contributed by atoms with Crippen LogP contribution in [0.5, 0.6) is 0 Å². The summed E-state index contributed by atoms with van der Waals surface area (Å²) in [5.74, 6) is -0.464. The normalized spacial score (nSPS) is 21.1. The Balaban J connectivity index is 2.05. The van der Waals surface area contributed by atoms with Crippen molar-refractivity contribution >= 4 is 5.97 Å². The van der Waals surface area contributed by atoms with Crippen LogP contribution in [-0.4, -0.2) is 35.0 Å². The summed E-state index contributed by atoms with van der Waals surface area (Å²) in [5.41, 5.74) is -1.75. The molecule has 0 amide bonds. The Kier molecular flexibility index (Phi) is 3.27. The molecule has 1 unspecified atom stereocenters. The number of hydrogen-bond donors (Lipinski definition) is 2. The number of ether oxygens (including phenoxy) is 1. The first-order valence-corrected chi connectivity index (χ1v) is 4.56. The monoisotopic (exact) mass is 188 g/mol. The highest BCUT2D eigenvalue weighted by Crippen LogP contribution is 2.32. The van der Waals surface area contributed by atoms with Crippen LogP contribution in [0.25, 0.3) is 0 Å². The summed E-state index contributed by atoms with van der Waals surface area (Å²) in [7, 11) is 0. The molecule has 0 aliphatic heterocycles. The van der Waals surface area contributed by atoms with E-state index in [1.165, 1.54) is 19.8 Å². The Morgan fingerprint density at radius 2 is 2.23 bits per heavy atom. The minimum absolute atomic E-state index is 0.130. The topological polar surface area (TPSA) is 66.8 Å². The van der Waals surface area contributed by atoms with E-state index in [0.29, 0.717) is 6.61 Å². The van der Waals surface area contributed by atoms with Gasteiger partial charge >= 0.3 is 5.97 Å². The third-order valence-corrected chi connectivity index (χ3v) is 2.21. The number of aliphatic hydroxyl groups is 1. The highest BCUT2D eigenvalue weighted by atomic mass is 16.5. The number of carboxylic acids is 1. The van der Waals surface area contributed by atoms with Crippen LogP contribution in [0, 0.1) is 5.92 Å². The molecular weight excluding hydrogens is 172 g/mol. The molecule has 1 atom stereocenters. The molecule has 1 saturated carbocycles. The Morgan fingerprint density at radius 1 is 1.62 bits per heavy atom. The molecule has 0 aromatic rings. The molecule has 0 spiro atoms. The van der Waals surface area contributed by atoms with Crippen LogP contribution in [0.2, 0.25) is 0 Å². The van der Waals surface area contributed by atoms with E-state index in [9.17, 15) is 9.90 Å². The number of hydrogen-bond acceptors (Lipinski definition) is 3. The summed E-state index contributed by atoms with van der Waals surface area (Å²) in [6.07, 6.45) is 3.51. The summed E-state index contributed by atoms with van der Waals surface area (Å²) in [6, 6.07) is 0. The van der Waals surface area contributed by atoms with Crippen LogP contribution in [-0.2, 0) is 9.53 Å². The van der Waals surface area contributed by atoms with Crippen molar-refractivity contribution in [3.05, 3.63) is 0 Å². The summed E-state index contributed by atoms with van der Waals surface area (Å²) in [5, 5.41) is 17.8. The van der Waals surface area contributed by atoms with Crippen molar-refractivity contribution in [1.82, 2.24) is 0 Å². The molecule has 1 aliphatic rings. The van der Waals surface area contributed by atoms with E-state index in [4.69, 9.17) is 9.84 Å². The van der Waals surface area contributed by atoms with Gasteiger partial charge in [-0.15, -0.1) is 0 Å². The Labute approximate surface area is 77.5 Å². The van der Waals surface area contributed by atoms with Crippen molar-refractivity contribution in [2.45, 2.75) is 31.8 Å².